The summed E-state index contributed by atoms with van der Waals surface area (Å²) in [6.07, 6.45) is 4.14. The molecule has 1 N–H and O–H groups in total. The lowest BCUT2D eigenvalue weighted by Crippen LogP contribution is -2.33. The maximum absolute atomic E-state index is 12.7. The van der Waals surface area contributed by atoms with Gasteiger partial charge in [0.05, 0.1) is 0 Å². The summed E-state index contributed by atoms with van der Waals surface area (Å²) in [5.74, 6) is 0.451. The molecule has 1 rings (SSSR count). The SMILES string of the molecule is CCCNc1ncccc1S(=O)(=O)N(CCC)CCC. The lowest BCUT2D eigenvalue weighted by atomic mass is 10.4. The van der Waals surface area contributed by atoms with E-state index >= 15 is 0 Å². The van der Waals surface area contributed by atoms with Crippen LogP contribution in [0.2, 0.25) is 0 Å². The average Bonchev–Trinajstić information content (AvgIpc) is 2.45. The van der Waals surface area contributed by atoms with Gasteiger partial charge in [-0.2, -0.15) is 4.31 Å². The van der Waals surface area contributed by atoms with Crippen LogP contribution in [0.5, 0.6) is 0 Å². The van der Waals surface area contributed by atoms with Gasteiger partial charge in [-0.3, -0.25) is 0 Å². The summed E-state index contributed by atoms with van der Waals surface area (Å²) >= 11 is 0. The minimum atomic E-state index is -3.48. The first-order valence-corrected chi connectivity index (χ1v) is 8.70. The zero-order valence-corrected chi connectivity index (χ0v) is 13.4. The molecule has 5 nitrogen and oxygen atoms in total. The van der Waals surface area contributed by atoms with Crippen molar-refractivity contribution >= 4 is 15.8 Å². The van der Waals surface area contributed by atoms with Crippen LogP contribution in [-0.4, -0.2) is 37.3 Å². The first-order chi connectivity index (χ1) is 9.57. The highest BCUT2D eigenvalue weighted by Gasteiger charge is 2.26. The van der Waals surface area contributed by atoms with Crippen LogP contribution in [0.1, 0.15) is 40.0 Å². The number of hydrogen-bond donors (Lipinski definition) is 1. The molecule has 0 aliphatic heterocycles. The zero-order valence-electron chi connectivity index (χ0n) is 12.6. The van der Waals surface area contributed by atoms with Gasteiger partial charge in [0, 0.05) is 25.8 Å². The molecular formula is C14H25N3O2S. The molecular weight excluding hydrogens is 274 g/mol. The zero-order chi connectivity index (χ0) is 15.0. The molecule has 0 atom stereocenters. The van der Waals surface area contributed by atoms with Gasteiger partial charge < -0.3 is 5.32 Å². The van der Waals surface area contributed by atoms with Gasteiger partial charge in [-0.05, 0) is 31.4 Å². The van der Waals surface area contributed by atoms with Gasteiger partial charge in [0.15, 0.2) is 0 Å². The highest BCUT2D eigenvalue weighted by molar-refractivity contribution is 7.89. The topological polar surface area (TPSA) is 62.3 Å². The van der Waals surface area contributed by atoms with Gasteiger partial charge >= 0.3 is 0 Å². The molecule has 0 amide bonds. The predicted octanol–water partition coefficient (Wildman–Crippen LogP) is 2.71. The van der Waals surface area contributed by atoms with Crippen LogP contribution in [-0.2, 0) is 10.0 Å². The highest BCUT2D eigenvalue weighted by atomic mass is 32.2. The number of hydrogen-bond acceptors (Lipinski definition) is 4. The van der Waals surface area contributed by atoms with Crippen LogP contribution < -0.4 is 5.32 Å². The van der Waals surface area contributed by atoms with E-state index < -0.39 is 10.0 Å². The molecule has 0 radical (unpaired) electrons. The third kappa shape index (κ3) is 4.18. The second kappa shape index (κ2) is 8.21. The lowest BCUT2D eigenvalue weighted by molar-refractivity contribution is 0.410. The Bertz CT molecular complexity index is 497. The highest BCUT2D eigenvalue weighted by Crippen LogP contribution is 2.22. The van der Waals surface area contributed by atoms with Crippen LogP contribution in [0.3, 0.4) is 0 Å². The van der Waals surface area contributed by atoms with Crippen molar-refractivity contribution in [3.63, 3.8) is 0 Å². The van der Waals surface area contributed by atoms with Gasteiger partial charge in [0.2, 0.25) is 10.0 Å². The number of aromatic nitrogens is 1. The summed E-state index contributed by atoms with van der Waals surface area (Å²) < 4.78 is 27.0. The second-order valence-corrected chi connectivity index (χ2v) is 6.59. The second-order valence-electron chi connectivity index (χ2n) is 4.68. The van der Waals surface area contributed by atoms with Crippen molar-refractivity contribution in [2.24, 2.45) is 0 Å². The van der Waals surface area contributed by atoms with Crippen molar-refractivity contribution in [2.75, 3.05) is 25.0 Å². The first-order valence-electron chi connectivity index (χ1n) is 7.26. The lowest BCUT2D eigenvalue weighted by Gasteiger charge is -2.22. The smallest absolute Gasteiger partial charge is 0.246 e. The molecule has 0 spiro atoms. The van der Waals surface area contributed by atoms with Crippen molar-refractivity contribution in [1.29, 1.82) is 0 Å². The fourth-order valence-electron chi connectivity index (χ4n) is 1.96. The fraction of sp³-hybridized carbons (Fsp3) is 0.643. The van der Waals surface area contributed by atoms with Gasteiger partial charge in [0.25, 0.3) is 0 Å². The third-order valence-corrected chi connectivity index (χ3v) is 4.81. The molecule has 1 aromatic heterocycles. The molecule has 0 fully saturated rings. The Labute approximate surface area is 122 Å². The number of pyridine rings is 1. The van der Waals surface area contributed by atoms with Gasteiger partial charge in [-0.1, -0.05) is 20.8 Å². The monoisotopic (exact) mass is 299 g/mol. The number of nitrogens with one attached hydrogen (secondary N) is 1. The van der Waals surface area contributed by atoms with Crippen LogP contribution in [0.4, 0.5) is 5.82 Å². The van der Waals surface area contributed by atoms with Crippen molar-refractivity contribution in [3.05, 3.63) is 18.3 Å². The van der Waals surface area contributed by atoms with Crippen molar-refractivity contribution in [2.45, 2.75) is 44.9 Å². The standard InChI is InChI=1S/C14H25N3O2S/c1-4-9-15-14-13(8-7-10-16-14)20(18,19)17(11-5-2)12-6-3/h7-8,10H,4-6,9,11-12H2,1-3H3,(H,15,16). The predicted molar refractivity (Wildman–Crippen MR) is 82.4 cm³/mol. The molecule has 0 aliphatic rings. The first kappa shape index (κ1) is 16.9. The molecule has 1 aromatic rings. The quantitative estimate of drug-likeness (QED) is 0.761. The Hall–Kier alpha value is -1.14. The van der Waals surface area contributed by atoms with Crippen molar-refractivity contribution < 1.29 is 8.42 Å². The fourth-order valence-corrected chi connectivity index (χ4v) is 3.71. The number of anilines is 1. The van der Waals surface area contributed by atoms with E-state index in [4.69, 9.17) is 0 Å². The van der Waals surface area contributed by atoms with E-state index in [0.29, 0.717) is 25.5 Å². The molecule has 114 valence electrons. The minimum absolute atomic E-state index is 0.273. The summed E-state index contributed by atoms with van der Waals surface area (Å²) in [6.45, 7) is 7.79. The third-order valence-electron chi connectivity index (χ3n) is 2.88. The molecule has 0 unspecified atom stereocenters. The van der Waals surface area contributed by atoms with Gasteiger partial charge in [-0.25, -0.2) is 13.4 Å². The average molecular weight is 299 g/mol. The Morgan fingerprint density at radius 3 is 2.35 bits per heavy atom. The van der Waals surface area contributed by atoms with Gasteiger partial charge in [0.1, 0.15) is 10.7 Å². The van der Waals surface area contributed by atoms with E-state index in [1.54, 1.807) is 22.6 Å². The van der Waals surface area contributed by atoms with Crippen LogP contribution in [0, 0.1) is 0 Å². The molecule has 0 saturated heterocycles. The van der Waals surface area contributed by atoms with E-state index in [1.807, 2.05) is 20.8 Å². The Morgan fingerprint density at radius 2 is 1.80 bits per heavy atom. The van der Waals surface area contributed by atoms with E-state index in [-0.39, 0.29) is 4.90 Å². The Morgan fingerprint density at radius 1 is 1.15 bits per heavy atom. The maximum atomic E-state index is 12.7. The van der Waals surface area contributed by atoms with E-state index in [9.17, 15) is 8.42 Å². The number of rotatable bonds is 9. The largest absolute Gasteiger partial charge is 0.369 e. The van der Waals surface area contributed by atoms with Crippen LogP contribution in [0.15, 0.2) is 23.2 Å². The Balaban J connectivity index is 3.12. The summed E-state index contributed by atoms with van der Waals surface area (Å²) in [4.78, 5) is 4.44. The summed E-state index contributed by atoms with van der Waals surface area (Å²) in [5.41, 5.74) is 0. The summed E-state index contributed by atoms with van der Waals surface area (Å²) in [6, 6.07) is 3.29. The molecule has 0 aliphatic carbocycles. The number of nitrogens with zero attached hydrogens (tertiary/aromatic N) is 2. The van der Waals surface area contributed by atoms with Crippen LogP contribution in [0.25, 0.3) is 0 Å². The molecule has 20 heavy (non-hydrogen) atoms. The summed E-state index contributed by atoms with van der Waals surface area (Å²) in [5, 5.41) is 3.09. The minimum Gasteiger partial charge on any atom is -0.369 e. The van der Waals surface area contributed by atoms with E-state index in [2.05, 4.69) is 10.3 Å². The molecule has 0 bridgehead atoms. The van der Waals surface area contributed by atoms with Crippen molar-refractivity contribution in [1.82, 2.24) is 9.29 Å². The molecule has 1 heterocycles. The van der Waals surface area contributed by atoms with Crippen LogP contribution >= 0.6 is 0 Å². The number of sulfonamides is 1. The van der Waals surface area contributed by atoms with Crippen molar-refractivity contribution in [3.8, 4) is 0 Å². The molecule has 0 aromatic carbocycles. The maximum Gasteiger partial charge on any atom is 0.246 e. The Kier molecular flexibility index (Phi) is 6.95. The van der Waals surface area contributed by atoms with Gasteiger partial charge in [-0.15, -0.1) is 0 Å². The van der Waals surface area contributed by atoms with E-state index in [1.165, 1.54) is 0 Å². The summed E-state index contributed by atoms with van der Waals surface area (Å²) in [7, 11) is -3.48. The van der Waals surface area contributed by atoms with E-state index in [0.717, 1.165) is 19.3 Å². The normalized spacial score (nSPS) is 11.8. The molecule has 6 heteroatoms. The molecule has 0 saturated carbocycles.